The Morgan fingerprint density at radius 1 is 0.857 bits per heavy atom. The summed E-state index contributed by atoms with van der Waals surface area (Å²) in [6.07, 6.45) is 0. The Balaban J connectivity index is 0.000000776. The Morgan fingerprint density at radius 3 is 1.29 bits per heavy atom. The number of azo groups is 1. The number of nitrogens with zero attached hydrogens (tertiary/aromatic N) is 4. The normalized spacial score (nSPS) is 21.3. The largest absolute Gasteiger partial charge is 0.481 e. The van der Waals surface area contributed by atoms with Crippen LogP contribution in [0.3, 0.4) is 0 Å². The number of nitrogens with one attached hydrogen (secondary N) is 2. The van der Waals surface area contributed by atoms with Crippen LogP contribution in [0.1, 0.15) is 55.4 Å². The van der Waals surface area contributed by atoms with Crippen LogP contribution in [0.5, 0.6) is 0 Å². The van der Waals surface area contributed by atoms with Crippen molar-refractivity contribution in [2.75, 3.05) is 13.1 Å². The molecule has 0 fully saturated rings. The van der Waals surface area contributed by atoms with E-state index < -0.39 is 23.0 Å². The highest BCUT2D eigenvalue weighted by molar-refractivity contribution is 5.93. The Bertz CT molecular complexity index is 578. The molecule has 0 bridgehead atoms. The predicted octanol–water partition coefficient (Wildman–Crippen LogP) is 1.96. The summed E-state index contributed by atoms with van der Waals surface area (Å²) < 4.78 is 0. The number of rotatable bonds is 4. The van der Waals surface area contributed by atoms with Crippen LogP contribution >= 0.6 is 0 Å². The zero-order chi connectivity index (χ0) is 22.1. The first-order valence-corrected chi connectivity index (χ1v) is 9.13. The SMILES string of the molecule is CC(=O)O.CC(=O)O.CC1CN=C(C(C)(C)N=NC(C)(C)C2=NCC(C)N2)N1. The zero-order valence-corrected chi connectivity index (χ0v) is 18.1. The number of aliphatic carboxylic acids is 2. The van der Waals surface area contributed by atoms with E-state index in [0.29, 0.717) is 12.1 Å². The van der Waals surface area contributed by atoms with Crippen molar-refractivity contribution in [2.45, 2.75) is 78.6 Å². The lowest BCUT2D eigenvalue weighted by atomic mass is 10.0. The number of hydrogen-bond donors (Lipinski definition) is 4. The molecule has 2 heterocycles. The summed E-state index contributed by atoms with van der Waals surface area (Å²) in [5.74, 6) is 0.165. The molecule has 2 aliphatic rings. The molecular formula is C18H34N6O4. The van der Waals surface area contributed by atoms with Crippen LogP contribution in [0.15, 0.2) is 20.2 Å². The van der Waals surface area contributed by atoms with E-state index in [-0.39, 0.29) is 0 Å². The van der Waals surface area contributed by atoms with Gasteiger partial charge in [-0.05, 0) is 41.5 Å². The van der Waals surface area contributed by atoms with Crippen LogP contribution in [-0.2, 0) is 9.59 Å². The van der Waals surface area contributed by atoms with Crippen molar-refractivity contribution in [1.82, 2.24) is 10.6 Å². The molecule has 0 amide bonds. The van der Waals surface area contributed by atoms with E-state index in [1.54, 1.807) is 0 Å². The fourth-order valence-corrected chi connectivity index (χ4v) is 2.19. The molecule has 0 aromatic heterocycles. The summed E-state index contributed by atoms with van der Waals surface area (Å²) in [5.41, 5.74) is -0.848. The Labute approximate surface area is 166 Å². The average Bonchev–Trinajstić information content (AvgIpc) is 3.14. The van der Waals surface area contributed by atoms with E-state index in [0.717, 1.165) is 38.6 Å². The van der Waals surface area contributed by atoms with Crippen molar-refractivity contribution >= 4 is 23.6 Å². The van der Waals surface area contributed by atoms with Gasteiger partial charge in [-0.3, -0.25) is 19.6 Å². The first-order chi connectivity index (χ1) is 12.7. The summed E-state index contributed by atoms with van der Waals surface area (Å²) in [7, 11) is 0. The van der Waals surface area contributed by atoms with Crippen molar-refractivity contribution in [3.8, 4) is 0 Å². The van der Waals surface area contributed by atoms with Gasteiger partial charge in [-0.1, -0.05) is 0 Å². The maximum Gasteiger partial charge on any atom is 0.300 e. The lowest BCUT2D eigenvalue weighted by Gasteiger charge is -2.24. The Kier molecular flexibility index (Phi) is 9.76. The summed E-state index contributed by atoms with van der Waals surface area (Å²) in [6.45, 7) is 16.1. The molecule has 0 spiro atoms. The van der Waals surface area contributed by atoms with Gasteiger partial charge in [-0.25, -0.2) is 0 Å². The minimum absolute atomic E-state index is 0.384. The predicted molar refractivity (Wildman–Crippen MR) is 109 cm³/mol. The van der Waals surface area contributed by atoms with Crippen molar-refractivity contribution in [3.63, 3.8) is 0 Å². The highest BCUT2D eigenvalue weighted by atomic mass is 16.4. The Hall–Kier alpha value is -2.52. The number of hydrogen-bond acceptors (Lipinski definition) is 8. The molecule has 0 radical (unpaired) electrons. The van der Waals surface area contributed by atoms with Crippen LogP contribution < -0.4 is 10.6 Å². The quantitative estimate of drug-likeness (QED) is 0.532. The highest BCUT2D eigenvalue weighted by Crippen LogP contribution is 2.20. The van der Waals surface area contributed by atoms with E-state index >= 15 is 0 Å². The van der Waals surface area contributed by atoms with Crippen molar-refractivity contribution < 1.29 is 19.8 Å². The average molecular weight is 399 g/mol. The molecule has 2 atom stereocenters. The molecule has 0 aromatic carbocycles. The molecule has 2 rings (SSSR count). The molecule has 160 valence electrons. The Morgan fingerprint density at radius 2 is 1.11 bits per heavy atom. The summed E-state index contributed by atoms with van der Waals surface area (Å²) in [6, 6.07) is 0.767. The van der Waals surface area contributed by atoms with Gasteiger partial charge >= 0.3 is 0 Å². The number of carbonyl (C=O) groups is 2. The molecule has 2 unspecified atom stereocenters. The van der Waals surface area contributed by atoms with Gasteiger partial charge in [-0.2, -0.15) is 10.2 Å². The van der Waals surface area contributed by atoms with E-state index in [2.05, 4.69) is 44.7 Å². The van der Waals surface area contributed by atoms with Crippen LogP contribution in [0.2, 0.25) is 0 Å². The molecule has 0 saturated heterocycles. The van der Waals surface area contributed by atoms with Gasteiger partial charge in [0.15, 0.2) is 0 Å². The smallest absolute Gasteiger partial charge is 0.300 e. The maximum atomic E-state index is 9.00. The van der Waals surface area contributed by atoms with Gasteiger partial charge in [0.25, 0.3) is 11.9 Å². The molecule has 28 heavy (non-hydrogen) atoms. The van der Waals surface area contributed by atoms with Crippen molar-refractivity contribution in [1.29, 1.82) is 0 Å². The highest BCUT2D eigenvalue weighted by Gasteiger charge is 2.33. The monoisotopic (exact) mass is 398 g/mol. The fourth-order valence-electron chi connectivity index (χ4n) is 2.19. The second-order valence-corrected chi connectivity index (χ2v) is 7.83. The van der Waals surface area contributed by atoms with Gasteiger partial charge in [0.2, 0.25) is 0 Å². The van der Waals surface area contributed by atoms with E-state index in [4.69, 9.17) is 19.8 Å². The topological polar surface area (TPSA) is 148 Å². The van der Waals surface area contributed by atoms with E-state index in [1.807, 2.05) is 27.7 Å². The summed E-state index contributed by atoms with van der Waals surface area (Å²) in [4.78, 5) is 27.0. The third-order valence-electron chi connectivity index (χ3n) is 3.52. The molecule has 0 aliphatic carbocycles. The second-order valence-electron chi connectivity index (χ2n) is 7.83. The molecule has 0 saturated carbocycles. The van der Waals surface area contributed by atoms with Crippen molar-refractivity contribution in [3.05, 3.63) is 0 Å². The van der Waals surface area contributed by atoms with Crippen LogP contribution in [0.25, 0.3) is 0 Å². The van der Waals surface area contributed by atoms with Gasteiger partial charge in [-0.15, -0.1) is 0 Å². The number of carboxylic acid groups (broad SMARTS) is 2. The first kappa shape index (κ1) is 25.5. The molecule has 4 N–H and O–H groups in total. The number of amidine groups is 2. The third kappa shape index (κ3) is 9.98. The molecule has 10 heteroatoms. The van der Waals surface area contributed by atoms with Gasteiger partial charge in [0.05, 0.1) is 13.1 Å². The van der Waals surface area contributed by atoms with E-state index in [1.165, 1.54) is 0 Å². The molecule has 10 nitrogen and oxygen atoms in total. The minimum atomic E-state index is -0.833. The van der Waals surface area contributed by atoms with E-state index in [9.17, 15) is 0 Å². The molecule has 0 aromatic rings. The first-order valence-electron chi connectivity index (χ1n) is 9.13. The van der Waals surface area contributed by atoms with Gasteiger partial charge in [0.1, 0.15) is 22.7 Å². The third-order valence-corrected chi connectivity index (χ3v) is 3.52. The summed E-state index contributed by atoms with van der Waals surface area (Å²) in [5, 5.41) is 30.6. The number of aliphatic imine (C=N–C) groups is 2. The van der Waals surface area contributed by atoms with Crippen LogP contribution in [-0.4, -0.2) is 70.1 Å². The lowest BCUT2D eigenvalue weighted by Crippen LogP contribution is -2.43. The summed E-state index contributed by atoms with van der Waals surface area (Å²) >= 11 is 0. The van der Waals surface area contributed by atoms with Gasteiger partial charge in [0, 0.05) is 25.9 Å². The second kappa shape index (κ2) is 10.7. The van der Waals surface area contributed by atoms with Crippen LogP contribution in [0.4, 0.5) is 0 Å². The molecule has 2 aliphatic heterocycles. The van der Waals surface area contributed by atoms with Gasteiger partial charge < -0.3 is 20.8 Å². The zero-order valence-electron chi connectivity index (χ0n) is 18.1. The van der Waals surface area contributed by atoms with Crippen molar-refractivity contribution in [2.24, 2.45) is 20.2 Å². The number of carboxylic acids is 2. The fraction of sp³-hybridized carbons (Fsp3) is 0.778. The minimum Gasteiger partial charge on any atom is -0.481 e. The van der Waals surface area contributed by atoms with Crippen LogP contribution in [0, 0.1) is 0 Å². The molecular weight excluding hydrogens is 364 g/mol. The maximum absolute atomic E-state index is 9.00. The lowest BCUT2D eigenvalue weighted by molar-refractivity contribution is -0.135. The standard InChI is InChI=1S/C14H26N6.2C2H4O2/c1-9-7-15-11(17-9)13(3,4)19-20-14(5,6)12-16-8-10(2)18-12;2*1-2(3)4/h9-10H,7-8H2,1-6H3,(H,15,17)(H,16,18);2*1H3,(H,3,4).